The summed E-state index contributed by atoms with van der Waals surface area (Å²) in [6.45, 7) is 6.21. The van der Waals surface area contributed by atoms with Gasteiger partial charge in [0.2, 0.25) is 0 Å². The number of aromatic nitrogens is 2. The van der Waals surface area contributed by atoms with E-state index in [1.807, 2.05) is 17.9 Å². The van der Waals surface area contributed by atoms with Crippen LogP contribution in [0.3, 0.4) is 0 Å². The quantitative estimate of drug-likeness (QED) is 0.833. The second-order valence-corrected chi connectivity index (χ2v) is 5.73. The molecular formula is C13H22N4. The minimum atomic E-state index is 0.606. The molecule has 4 nitrogen and oxygen atoms in total. The van der Waals surface area contributed by atoms with Gasteiger partial charge in [-0.15, -0.1) is 0 Å². The molecule has 1 unspecified atom stereocenters. The van der Waals surface area contributed by atoms with E-state index in [0.717, 1.165) is 6.42 Å². The van der Waals surface area contributed by atoms with Crippen LogP contribution in [0.5, 0.6) is 0 Å². The van der Waals surface area contributed by atoms with Crippen LogP contribution >= 0.6 is 0 Å². The molecule has 1 atom stereocenters. The summed E-state index contributed by atoms with van der Waals surface area (Å²) < 4.78 is 1.89. The average Bonchev–Trinajstić information content (AvgIpc) is 3.01. The van der Waals surface area contributed by atoms with Gasteiger partial charge in [-0.25, -0.2) is 0 Å². The summed E-state index contributed by atoms with van der Waals surface area (Å²) in [5, 5.41) is 7.73. The third kappa shape index (κ3) is 2.38. The van der Waals surface area contributed by atoms with Gasteiger partial charge in [-0.05, 0) is 43.3 Å². The number of nitrogens with zero attached hydrogens (tertiary/aromatic N) is 3. The van der Waals surface area contributed by atoms with Crippen molar-refractivity contribution in [1.82, 2.24) is 20.0 Å². The Morgan fingerprint density at radius 2 is 2.41 bits per heavy atom. The lowest BCUT2D eigenvalue weighted by Gasteiger charge is -2.22. The van der Waals surface area contributed by atoms with Crippen LogP contribution in [-0.4, -0.2) is 47.4 Å². The SMILES string of the molecule is Cn1cc(CCN2CCC3(CCNC3)C2)cn1. The van der Waals surface area contributed by atoms with Gasteiger partial charge in [-0.3, -0.25) is 4.68 Å². The first kappa shape index (κ1) is 11.2. The molecule has 3 rings (SSSR count). The second kappa shape index (κ2) is 4.42. The highest BCUT2D eigenvalue weighted by Gasteiger charge is 2.39. The van der Waals surface area contributed by atoms with Gasteiger partial charge in [0, 0.05) is 32.9 Å². The van der Waals surface area contributed by atoms with Crippen LogP contribution in [-0.2, 0) is 13.5 Å². The summed E-state index contributed by atoms with van der Waals surface area (Å²) in [4.78, 5) is 2.62. The number of rotatable bonds is 3. The van der Waals surface area contributed by atoms with Crippen molar-refractivity contribution in [3.63, 3.8) is 0 Å². The molecular weight excluding hydrogens is 212 g/mol. The Bertz CT molecular complexity index is 379. The summed E-state index contributed by atoms with van der Waals surface area (Å²) in [7, 11) is 1.98. The van der Waals surface area contributed by atoms with Crippen LogP contribution in [0.1, 0.15) is 18.4 Å². The first-order chi connectivity index (χ1) is 8.26. The molecule has 0 saturated carbocycles. The van der Waals surface area contributed by atoms with E-state index in [-0.39, 0.29) is 0 Å². The molecule has 0 bridgehead atoms. The van der Waals surface area contributed by atoms with Crippen molar-refractivity contribution in [3.05, 3.63) is 18.0 Å². The molecule has 1 spiro atoms. The highest BCUT2D eigenvalue weighted by atomic mass is 15.2. The standard InChI is InChI=1S/C13H22N4/c1-16-9-12(8-15-16)2-6-17-7-4-13(11-17)3-5-14-10-13/h8-9,14H,2-7,10-11H2,1H3. The van der Waals surface area contributed by atoms with Crippen LogP contribution in [0, 0.1) is 5.41 Å². The molecule has 2 aliphatic heterocycles. The number of hydrogen-bond donors (Lipinski definition) is 1. The van der Waals surface area contributed by atoms with E-state index in [2.05, 4.69) is 21.5 Å². The number of hydrogen-bond acceptors (Lipinski definition) is 3. The zero-order valence-corrected chi connectivity index (χ0v) is 10.7. The van der Waals surface area contributed by atoms with Crippen molar-refractivity contribution in [2.45, 2.75) is 19.3 Å². The molecule has 0 amide bonds. The zero-order valence-electron chi connectivity index (χ0n) is 10.7. The Morgan fingerprint density at radius 3 is 3.12 bits per heavy atom. The fraction of sp³-hybridized carbons (Fsp3) is 0.769. The minimum Gasteiger partial charge on any atom is -0.316 e. The molecule has 1 aromatic heterocycles. The number of nitrogens with one attached hydrogen (secondary N) is 1. The van der Waals surface area contributed by atoms with Gasteiger partial charge in [0.25, 0.3) is 0 Å². The summed E-state index contributed by atoms with van der Waals surface area (Å²) in [6, 6.07) is 0. The number of likely N-dealkylation sites (tertiary alicyclic amines) is 1. The van der Waals surface area contributed by atoms with Gasteiger partial charge < -0.3 is 10.2 Å². The van der Waals surface area contributed by atoms with Crippen LogP contribution in [0.4, 0.5) is 0 Å². The predicted molar refractivity (Wildman–Crippen MR) is 67.9 cm³/mol. The summed E-state index contributed by atoms with van der Waals surface area (Å²) in [6.07, 6.45) is 8.01. The Hall–Kier alpha value is -0.870. The topological polar surface area (TPSA) is 33.1 Å². The van der Waals surface area contributed by atoms with E-state index < -0.39 is 0 Å². The van der Waals surface area contributed by atoms with Crippen LogP contribution in [0.15, 0.2) is 12.4 Å². The minimum absolute atomic E-state index is 0.606. The second-order valence-electron chi connectivity index (χ2n) is 5.73. The van der Waals surface area contributed by atoms with Crippen molar-refractivity contribution < 1.29 is 0 Å². The van der Waals surface area contributed by atoms with E-state index in [4.69, 9.17) is 0 Å². The van der Waals surface area contributed by atoms with Gasteiger partial charge in [-0.2, -0.15) is 5.10 Å². The molecule has 17 heavy (non-hydrogen) atoms. The third-order valence-electron chi connectivity index (χ3n) is 4.32. The smallest absolute Gasteiger partial charge is 0.0522 e. The van der Waals surface area contributed by atoms with Gasteiger partial charge in [0.05, 0.1) is 6.20 Å². The maximum Gasteiger partial charge on any atom is 0.0522 e. The van der Waals surface area contributed by atoms with Gasteiger partial charge in [0.1, 0.15) is 0 Å². The molecule has 2 aliphatic rings. The van der Waals surface area contributed by atoms with Crippen molar-refractivity contribution in [2.75, 3.05) is 32.7 Å². The molecule has 1 aromatic rings. The first-order valence-electron chi connectivity index (χ1n) is 6.66. The lowest BCUT2D eigenvalue weighted by Crippen LogP contribution is -2.30. The fourth-order valence-electron chi connectivity index (χ4n) is 3.25. The van der Waals surface area contributed by atoms with Crippen molar-refractivity contribution in [3.8, 4) is 0 Å². The number of aryl methyl sites for hydroxylation is 1. The molecule has 2 fully saturated rings. The van der Waals surface area contributed by atoms with Gasteiger partial charge in [-0.1, -0.05) is 0 Å². The normalized spacial score (nSPS) is 29.5. The monoisotopic (exact) mass is 234 g/mol. The summed E-state index contributed by atoms with van der Waals surface area (Å²) >= 11 is 0. The Balaban J connectivity index is 1.50. The predicted octanol–water partition coefficient (Wildman–Crippen LogP) is 0.648. The lowest BCUT2D eigenvalue weighted by molar-refractivity contribution is 0.277. The van der Waals surface area contributed by atoms with Crippen LogP contribution in [0.2, 0.25) is 0 Å². The molecule has 0 aliphatic carbocycles. The largest absolute Gasteiger partial charge is 0.316 e. The van der Waals surface area contributed by atoms with Crippen molar-refractivity contribution >= 4 is 0 Å². The molecule has 0 aromatic carbocycles. The van der Waals surface area contributed by atoms with E-state index in [9.17, 15) is 0 Å². The lowest BCUT2D eigenvalue weighted by atomic mass is 9.87. The molecule has 3 heterocycles. The Kier molecular flexibility index (Phi) is 2.92. The van der Waals surface area contributed by atoms with Crippen LogP contribution in [0.25, 0.3) is 0 Å². The van der Waals surface area contributed by atoms with E-state index in [1.54, 1.807) is 0 Å². The Morgan fingerprint density at radius 1 is 1.47 bits per heavy atom. The maximum absolute atomic E-state index is 4.22. The zero-order chi connectivity index (χ0) is 11.7. The Labute approximate surface area is 103 Å². The fourth-order valence-corrected chi connectivity index (χ4v) is 3.25. The van der Waals surface area contributed by atoms with Crippen molar-refractivity contribution in [2.24, 2.45) is 12.5 Å². The maximum atomic E-state index is 4.22. The van der Waals surface area contributed by atoms with Gasteiger partial charge in [0.15, 0.2) is 0 Å². The van der Waals surface area contributed by atoms with Crippen molar-refractivity contribution in [1.29, 1.82) is 0 Å². The molecule has 1 N–H and O–H groups in total. The van der Waals surface area contributed by atoms with E-state index in [0.29, 0.717) is 5.41 Å². The summed E-state index contributed by atoms with van der Waals surface area (Å²) in [5.74, 6) is 0. The van der Waals surface area contributed by atoms with Gasteiger partial charge >= 0.3 is 0 Å². The first-order valence-corrected chi connectivity index (χ1v) is 6.66. The third-order valence-corrected chi connectivity index (χ3v) is 4.32. The molecule has 4 heteroatoms. The van der Waals surface area contributed by atoms with Crippen LogP contribution < -0.4 is 5.32 Å². The molecule has 0 radical (unpaired) electrons. The highest BCUT2D eigenvalue weighted by Crippen LogP contribution is 2.35. The molecule has 2 saturated heterocycles. The summed E-state index contributed by atoms with van der Waals surface area (Å²) in [5.41, 5.74) is 1.97. The van der Waals surface area contributed by atoms with E-state index >= 15 is 0 Å². The highest BCUT2D eigenvalue weighted by molar-refractivity contribution is 5.05. The molecule has 94 valence electrons. The average molecular weight is 234 g/mol. The van der Waals surface area contributed by atoms with E-state index in [1.165, 1.54) is 51.1 Å².